The molecule has 0 aliphatic carbocycles. The number of ether oxygens (including phenoxy) is 1. The zero-order valence-electron chi connectivity index (χ0n) is 16.1. The maximum atomic E-state index is 12.2. The van der Waals surface area contributed by atoms with Gasteiger partial charge in [0.05, 0.1) is 0 Å². The third-order valence-electron chi connectivity index (χ3n) is 4.56. The molecule has 142 valence electrons. The van der Waals surface area contributed by atoms with Crippen molar-refractivity contribution in [3.8, 4) is 0 Å². The van der Waals surface area contributed by atoms with Crippen LogP contribution in [0, 0.1) is 0 Å². The van der Waals surface area contributed by atoms with Crippen molar-refractivity contribution in [2.45, 2.75) is 32.6 Å². The minimum Gasteiger partial charge on any atom is -0.444 e. The first-order chi connectivity index (χ1) is 12.8. The lowest BCUT2D eigenvalue weighted by molar-refractivity contribution is 0.0169. The number of hydrogen-bond acceptors (Lipinski definition) is 5. The van der Waals surface area contributed by atoms with Crippen LogP contribution in [0.2, 0.25) is 0 Å². The number of carbonyl (C=O) groups excluding carboxylic acids is 1. The highest BCUT2D eigenvalue weighted by Gasteiger charge is 2.29. The molecule has 3 rings (SSSR count). The van der Waals surface area contributed by atoms with Crippen LogP contribution in [0.25, 0.3) is 0 Å². The summed E-state index contributed by atoms with van der Waals surface area (Å²) in [6, 6.07) is 9.61. The summed E-state index contributed by atoms with van der Waals surface area (Å²) in [6.07, 6.45) is 2.54. The zero-order chi connectivity index (χ0) is 19.6. The van der Waals surface area contributed by atoms with Crippen LogP contribution < -0.4 is 4.90 Å². The number of carbonyl (C=O) groups is 1. The third kappa shape index (κ3) is 4.47. The van der Waals surface area contributed by atoms with Crippen molar-refractivity contribution in [2.75, 3.05) is 31.1 Å². The third-order valence-corrected chi connectivity index (χ3v) is 4.56. The molecular formula is C20H26BN3O3. The molecule has 2 radical (unpaired) electrons. The van der Waals surface area contributed by atoms with Crippen molar-refractivity contribution in [1.29, 1.82) is 0 Å². The molecule has 1 aromatic rings. The van der Waals surface area contributed by atoms with Crippen molar-refractivity contribution >= 4 is 19.6 Å². The Morgan fingerprint density at radius 2 is 1.78 bits per heavy atom. The first-order valence-corrected chi connectivity index (χ1v) is 9.18. The number of nitrogens with zero attached hydrogens (tertiary/aromatic N) is 3. The Hall–Kier alpha value is -2.41. The maximum absolute atomic E-state index is 12.2. The van der Waals surface area contributed by atoms with E-state index >= 15 is 0 Å². The Kier molecular flexibility index (Phi) is 5.51. The maximum Gasteiger partial charge on any atom is 0.410 e. The minimum atomic E-state index is -0.920. The number of benzene rings is 1. The Morgan fingerprint density at radius 1 is 1.15 bits per heavy atom. The monoisotopic (exact) mass is 367 g/mol. The van der Waals surface area contributed by atoms with Crippen molar-refractivity contribution in [3.05, 3.63) is 53.8 Å². The second-order valence-corrected chi connectivity index (χ2v) is 7.73. The Bertz CT molecular complexity index is 735. The average molecular weight is 367 g/mol. The highest BCUT2D eigenvalue weighted by Crippen LogP contribution is 2.27. The number of aliphatic hydroxyl groups excluding tert-OH is 1. The van der Waals surface area contributed by atoms with Crippen LogP contribution in [0.4, 0.5) is 10.5 Å². The normalized spacial score (nSPS) is 20.9. The lowest BCUT2D eigenvalue weighted by atomic mass is 9.88. The number of anilines is 1. The second kappa shape index (κ2) is 7.68. The van der Waals surface area contributed by atoms with Gasteiger partial charge in [0.15, 0.2) is 0 Å². The van der Waals surface area contributed by atoms with E-state index in [4.69, 9.17) is 12.6 Å². The molecule has 2 aliphatic rings. The predicted molar refractivity (Wildman–Crippen MR) is 106 cm³/mol. The minimum absolute atomic E-state index is 0.293. The lowest BCUT2D eigenvalue weighted by Crippen LogP contribution is -2.50. The Labute approximate surface area is 162 Å². The topological polar surface area (TPSA) is 56.2 Å². The first kappa shape index (κ1) is 19.4. The molecule has 1 fully saturated rings. The molecule has 1 atom stereocenters. The Balaban J connectivity index is 1.64. The van der Waals surface area contributed by atoms with Crippen molar-refractivity contribution in [2.24, 2.45) is 0 Å². The standard InChI is InChI=1S/C20H26BN3O3/c1-20(2,3)27-19(26)23-13-11-22(12-14-23)16-9-10-24(18(25)17(16)21)15-7-5-4-6-8-15/h4-10,18,25H,11-14H2,1-3H3. The quantitative estimate of drug-likeness (QED) is 0.813. The average Bonchev–Trinajstić information content (AvgIpc) is 2.63. The summed E-state index contributed by atoms with van der Waals surface area (Å²) in [5.41, 5.74) is 1.58. The van der Waals surface area contributed by atoms with Gasteiger partial charge < -0.3 is 24.5 Å². The Morgan fingerprint density at radius 3 is 2.37 bits per heavy atom. The van der Waals surface area contributed by atoms with Gasteiger partial charge in [-0.2, -0.15) is 0 Å². The molecule has 7 heteroatoms. The molecule has 2 aliphatic heterocycles. The molecule has 0 spiro atoms. The summed E-state index contributed by atoms with van der Waals surface area (Å²) in [7, 11) is 6.25. The van der Waals surface area contributed by atoms with Crippen molar-refractivity contribution in [3.63, 3.8) is 0 Å². The fourth-order valence-corrected chi connectivity index (χ4v) is 3.18. The molecule has 1 aromatic carbocycles. The number of hydrogen-bond donors (Lipinski definition) is 1. The molecule has 6 nitrogen and oxygen atoms in total. The zero-order valence-corrected chi connectivity index (χ0v) is 16.1. The molecule has 2 heterocycles. The first-order valence-electron chi connectivity index (χ1n) is 9.18. The number of para-hydroxylation sites is 1. The van der Waals surface area contributed by atoms with Gasteiger partial charge in [-0.1, -0.05) is 18.2 Å². The molecular weight excluding hydrogens is 341 g/mol. The highest BCUT2D eigenvalue weighted by molar-refractivity contribution is 6.23. The van der Waals surface area contributed by atoms with Gasteiger partial charge in [0.2, 0.25) is 0 Å². The smallest absolute Gasteiger partial charge is 0.410 e. The van der Waals surface area contributed by atoms with Gasteiger partial charge in [0, 0.05) is 43.8 Å². The van der Waals surface area contributed by atoms with E-state index < -0.39 is 11.8 Å². The molecule has 1 saturated heterocycles. The van der Waals surface area contributed by atoms with Crippen molar-refractivity contribution in [1.82, 2.24) is 9.80 Å². The molecule has 1 unspecified atom stereocenters. The molecule has 1 amide bonds. The van der Waals surface area contributed by atoms with Gasteiger partial charge in [0.1, 0.15) is 19.7 Å². The van der Waals surface area contributed by atoms with E-state index in [0.29, 0.717) is 31.7 Å². The number of rotatable bonds is 2. The SMILES string of the molecule is [B]C1=C(N2CCN(C(=O)OC(C)(C)C)CC2)C=CN(c2ccccc2)C1O. The fraction of sp³-hybridized carbons (Fsp3) is 0.450. The largest absolute Gasteiger partial charge is 0.444 e. The highest BCUT2D eigenvalue weighted by atomic mass is 16.6. The van der Waals surface area contributed by atoms with E-state index in [1.807, 2.05) is 63.4 Å². The van der Waals surface area contributed by atoms with Gasteiger partial charge in [0.25, 0.3) is 0 Å². The van der Waals surface area contributed by atoms with E-state index in [-0.39, 0.29) is 6.09 Å². The summed E-state index contributed by atoms with van der Waals surface area (Å²) < 4.78 is 5.43. The molecule has 27 heavy (non-hydrogen) atoms. The summed E-state index contributed by atoms with van der Waals surface area (Å²) in [5, 5.41) is 10.6. The van der Waals surface area contributed by atoms with E-state index in [9.17, 15) is 9.90 Å². The predicted octanol–water partition coefficient (Wildman–Crippen LogP) is 2.27. The van der Waals surface area contributed by atoms with Gasteiger partial charge >= 0.3 is 6.09 Å². The van der Waals surface area contributed by atoms with Crippen LogP contribution in [0.1, 0.15) is 20.8 Å². The van der Waals surface area contributed by atoms with Crippen LogP contribution in [0.3, 0.4) is 0 Å². The number of allylic oxidation sites excluding steroid dienone is 1. The lowest BCUT2D eigenvalue weighted by Gasteiger charge is -2.40. The van der Waals surface area contributed by atoms with Crippen LogP contribution >= 0.6 is 0 Å². The number of piperazine rings is 1. The van der Waals surface area contributed by atoms with Crippen LogP contribution in [0.15, 0.2) is 53.8 Å². The van der Waals surface area contributed by atoms with Crippen LogP contribution in [-0.4, -0.2) is 66.9 Å². The fourth-order valence-electron chi connectivity index (χ4n) is 3.18. The number of aliphatic hydroxyl groups is 1. The van der Waals surface area contributed by atoms with Gasteiger partial charge in [-0.05, 0) is 44.5 Å². The van der Waals surface area contributed by atoms with E-state index in [2.05, 4.69) is 4.90 Å². The number of amides is 1. The molecule has 0 saturated carbocycles. The van der Waals surface area contributed by atoms with E-state index in [0.717, 1.165) is 11.4 Å². The van der Waals surface area contributed by atoms with Crippen LogP contribution in [-0.2, 0) is 4.74 Å². The van der Waals surface area contributed by atoms with Gasteiger partial charge in [-0.25, -0.2) is 4.79 Å². The van der Waals surface area contributed by atoms with Gasteiger partial charge in [-0.3, -0.25) is 0 Å². The molecule has 0 bridgehead atoms. The summed E-state index contributed by atoms with van der Waals surface area (Å²) in [4.78, 5) is 17.7. The van der Waals surface area contributed by atoms with Crippen LogP contribution in [0.5, 0.6) is 0 Å². The van der Waals surface area contributed by atoms with E-state index in [1.54, 1.807) is 9.80 Å². The summed E-state index contributed by atoms with van der Waals surface area (Å²) in [5.74, 6) is 0. The second-order valence-electron chi connectivity index (χ2n) is 7.73. The molecule has 0 aromatic heterocycles. The molecule has 1 N–H and O–H groups in total. The van der Waals surface area contributed by atoms with Crippen molar-refractivity contribution < 1.29 is 14.6 Å². The van der Waals surface area contributed by atoms with Gasteiger partial charge in [-0.15, -0.1) is 0 Å². The summed E-state index contributed by atoms with van der Waals surface area (Å²) in [6.45, 7) is 7.96. The van der Waals surface area contributed by atoms with E-state index in [1.165, 1.54) is 0 Å². The summed E-state index contributed by atoms with van der Waals surface area (Å²) >= 11 is 0.